The van der Waals surface area contributed by atoms with Gasteiger partial charge in [-0.3, -0.25) is 0 Å². The van der Waals surface area contributed by atoms with Crippen molar-refractivity contribution in [2.75, 3.05) is 7.05 Å². The third-order valence-corrected chi connectivity index (χ3v) is 4.93. The van der Waals surface area contributed by atoms with Gasteiger partial charge in [0.1, 0.15) is 0 Å². The molecule has 1 aromatic heterocycles. The molecule has 0 fully saturated rings. The highest BCUT2D eigenvalue weighted by atomic mass is 79.9. The van der Waals surface area contributed by atoms with Crippen molar-refractivity contribution in [3.63, 3.8) is 0 Å². The molecule has 0 bridgehead atoms. The third kappa shape index (κ3) is 6.03. The van der Waals surface area contributed by atoms with Gasteiger partial charge in [-0.25, -0.2) is 0 Å². The van der Waals surface area contributed by atoms with Crippen molar-refractivity contribution in [3.05, 3.63) is 20.8 Å². The normalized spacial score (nSPS) is 12.9. The molecule has 0 aromatic carbocycles. The summed E-state index contributed by atoms with van der Waals surface area (Å²) in [5, 5.41) is 5.59. The molecule has 0 aliphatic rings. The first-order valence-electron chi connectivity index (χ1n) is 6.69. The van der Waals surface area contributed by atoms with Crippen LogP contribution < -0.4 is 5.32 Å². The van der Waals surface area contributed by atoms with E-state index < -0.39 is 0 Å². The summed E-state index contributed by atoms with van der Waals surface area (Å²) in [6.07, 6.45) is 9.52. The number of halogens is 1. The van der Waals surface area contributed by atoms with Crippen LogP contribution in [0.15, 0.2) is 15.9 Å². The first-order chi connectivity index (χ1) is 8.27. The molecule has 1 aromatic rings. The zero-order chi connectivity index (χ0) is 12.5. The minimum Gasteiger partial charge on any atom is -0.312 e. The minimum absolute atomic E-state index is 0.539. The summed E-state index contributed by atoms with van der Waals surface area (Å²) in [7, 11) is 2.06. The Kier molecular flexibility index (Phi) is 8.15. The van der Waals surface area contributed by atoms with E-state index in [0.717, 1.165) is 0 Å². The number of hydrogen-bond acceptors (Lipinski definition) is 2. The van der Waals surface area contributed by atoms with Crippen molar-refractivity contribution in [3.8, 4) is 0 Å². The number of nitrogens with one attached hydrogen (secondary N) is 1. The zero-order valence-corrected chi connectivity index (χ0v) is 13.4. The molecule has 1 rings (SSSR count). The van der Waals surface area contributed by atoms with Gasteiger partial charge in [0.15, 0.2) is 0 Å². The lowest BCUT2D eigenvalue weighted by Gasteiger charge is -2.14. The molecule has 1 nitrogen and oxygen atoms in total. The highest BCUT2D eigenvalue weighted by Gasteiger charge is 2.10. The van der Waals surface area contributed by atoms with Gasteiger partial charge in [0.25, 0.3) is 0 Å². The Balaban J connectivity index is 2.19. The van der Waals surface area contributed by atoms with E-state index in [1.165, 1.54) is 54.3 Å². The summed E-state index contributed by atoms with van der Waals surface area (Å²) in [5.74, 6) is 0. The molecule has 0 aliphatic heterocycles. The van der Waals surface area contributed by atoms with Crippen molar-refractivity contribution in [1.29, 1.82) is 0 Å². The lowest BCUT2D eigenvalue weighted by molar-refractivity contribution is 0.503. The molecule has 17 heavy (non-hydrogen) atoms. The zero-order valence-electron chi connectivity index (χ0n) is 11.0. The molecule has 1 N–H and O–H groups in total. The van der Waals surface area contributed by atoms with E-state index in [1.807, 2.05) is 11.3 Å². The van der Waals surface area contributed by atoms with Crippen LogP contribution >= 0.6 is 27.3 Å². The van der Waals surface area contributed by atoms with E-state index in [9.17, 15) is 0 Å². The van der Waals surface area contributed by atoms with Crippen molar-refractivity contribution in [1.82, 2.24) is 5.32 Å². The third-order valence-electron chi connectivity index (χ3n) is 3.13. The Labute approximate surface area is 118 Å². The van der Waals surface area contributed by atoms with Crippen molar-refractivity contribution >= 4 is 27.3 Å². The van der Waals surface area contributed by atoms with Crippen molar-refractivity contribution in [2.45, 2.75) is 57.9 Å². The first kappa shape index (κ1) is 15.2. The summed E-state index contributed by atoms with van der Waals surface area (Å²) < 4.78 is 1.21. The maximum atomic E-state index is 3.52. The van der Waals surface area contributed by atoms with Crippen LogP contribution in [-0.4, -0.2) is 7.05 Å². The van der Waals surface area contributed by atoms with Gasteiger partial charge in [-0.05, 0) is 35.5 Å². The fourth-order valence-corrected chi connectivity index (χ4v) is 3.66. The summed E-state index contributed by atoms with van der Waals surface area (Å²) in [6, 6.07) is 2.78. The summed E-state index contributed by atoms with van der Waals surface area (Å²) in [5.41, 5.74) is 0. The summed E-state index contributed by atoms with van der Waals surface area (Å²) in [6.45, 7) is 2.27. The number of thiophene rings is 1. The Hall–Kier alpha value is 0.140. The Bertz CT molecular complexity index is 298. The molecule has 0 radical (unpaired) electrons. The van der Waals surface area contributed by atoms with Crippen LogP contribution in [0.4, 0.5) is 0 Å². The second-order valence-electron chi connectivity index (χ2n) is 4.56. The number of hydrogen-bond donors (Lipinski definition) is 1. The van der Waals surface area contributed by atoms with Crippen LogP contribution in [0.25, 0.3) is 0 Å². The van der Waals surface area contributed by atoms with Gasteiger partial charge in [-0.2, -0.15) is 0 Å². The van der Waals surface area contributed by atoms with Gasteiger partial charge in [0, 0.05) is 20.8 Å². The maximum absolute atomic E-state index is 3.52. The van der Waals surface area contributed by atoms with Gasteiger partial charge < -0.3 is 5.32 Å². The van der Waals surface area contributed by atoms with Crippen LogP contribution in [0.2, 0.25) is 0 Å². The Morgan fingerprint density at radius 3 is 2.53 bits per heavy atom. The standard InChI is InChI=1S/C14H24BrNS/c1-3-4-5-6-7-8-9-13(16-2)14-10-12(15)11-17-14/h10-11,13,16H,3-9H2,1-2H3. The van der Waals surface area contributed by atoms with E-state index in [1.54, 1.807) is 0 Å². The highest BCUT2D eigenvalue weighted by molar-refractivity contribution is 9.10. The molecule has 3 heteroatoms. The van der Waals surface area contributed by atoms with Gasteiger partial charge in [-0.1, -0.05) is 45.4 Å². The Morgan fingerprint density at radius 1 is 1.24 bits per heavy atom. The SMILES string of the molecule is CCCCCCCCC(NC)c1cc(Br)cs1. The topological polar surface area (TPSA) is 12.0 Å². The molecular weight excluding hydrogens is 294 g/mol. The van der Waals surface area contributed by atoms with Gasteiger partial charge >= 0.3 is 0 Å². The Morgan fingerprint density at radius 2 is 1.94 bits per heavy atom. The van der Waals surface area contributed by atoms with E-state index in [0.29, 0.717) is 6.04 Å². The average Bonchev–Trinajstić information content (AvgIpc) is 2.75. The first-order valence-corrected chi connectivity index (χ1v) is 8.36. The molecule has 0 aliphatic carbocycles. The van der Waals surface area contributed by atoms with Crippen LogP contribution in [0.5, 0.6) is 0 Å². The van der Waals surface area contributed by atoms with E-state index in [4.69, 9.17) is 0 Å². The molecular formula is C14H24BrNS. The van der Waals surface area contributed by atoms with E-state index >= 15 is 0 Å². The fraction of sp³-hybridized carbons (Fsp3) is 0.714. The molecule has 98 valence electrons. The lowest BCUT2D eigenvalue weighted by Crippen LogP contribution is -2.14. The quantitative estimate of drug-likeness (QED) is 0.591. The molecule has 1 heterocycles. The number of rotatable bonds is 9. The van der Waals surface area contributed by atoms with Gasteiger partial charge in [-0.15, -0.1) is 11.3 Å². The largest absolute Gasteiger partial charge is 0.312 e. The van der Waals surface area contributed by atoms with Crippen molar-refractivity contribution in [2.24, 2.45) is 0 Å². The average molecular weight is 318 g/mol. The molecule has 0 amide bonds. The van der Waals surface area contributed by atoms with Crippen LogP contribution in [0.1, 0.15) is 62.8 Å². The maximum Gasteiger partial charge on any atom is 0.0412 e. The van der Waals surface area contributed by atoms with Crippen LogP contribution in [-0.2, 0) is 0 Å². The molecule has 0 saturated carbocycles. The number of unbranched alkanes of at least 4 members (excludes halogenated alkanes) is 5. The minimum atomic E-state index is 0.539. The molecule has 1 unspecified atom stereocenters. The summed E-state index contributed by atoms with van der Waals surface area (Å²) >= 11 is 5.37. The van der Waals surface area contributed by atoms with Crippen LogP contribution in [0.3, 0.4) is 0 Å². The lowest BCUT2D eigenvalue weighted by atomic mass is 10.0. The smallest absolute Gasteiger partial charge is 0.0412 e. The molecule has 0 saturated heterocycles. The van der Waals surface area contributed by atoms with E-state index in [-0.39, 0.29) is 0 Å². The fourth-order valence-electron chi connectivity index (χ4n) is 2.07. The molecule has 1 atom stereocenters. The van der Waals surface area contributed by atoms with Gasteiger partial charge in [0.2, 0.25) is 0 Å². The monoisotopic (exact) mass is 317 g/mol. The second-order valence-corrected chi connectivity index (χ2v) is 6.42. The van der Waals surface area contributed by atoms with Crippen LogP contribution in [0, 0.1) is 0 Å². The molecule has 0 spiro atoms. The summed E-state index contributed by atoms with van der Waals surface area (Å²) in [4.78, 5) is 1.45. The predicted molar refractivity (Wildman–Crippen MR) is 81.8 cm³/mol. The van der Waals surface area contributed by atoms with E-state index in [2.05, 4.69) is 46.7 Å². The second kappa shape index (κ2) is 9.12. The van der Waals surface area contributed by atoms with Gasteiger partial charge in [0.05, 0.1) is 0 Å². The van der Waals surface area contributed by atoms with Crippen molar-refractivity contribution < 1.29 is 0 Å². The predicted octanol–water partition coefficient (Wildman–Crippen LogP) is 5.52. The highest BCUT2D eigenvalue weighted by Crippen LogP contribution is 2.28.